The number of hydrogen-bond acceptors (Lipinski definition) is 3. The van der Waals surface area contributed by atoms with E-state index in [0.717, 1.165) is 0 Å². The maximum absolute atomic E-state index is 12.1. The van der Waals surface area contributed by atoms with E-state index in [1.54, 1.807) is 42.5 Å². The number of carbonyl (C=O) groups is 1. The molecule has 0 radical (unpaired) electrons. The van der Waals surface area contributed by atoms with E-state index in [-0.39, 0.29) is 12.4 Å². The third kappa shape index (κ3) is 1.45. The van der Waals surface area contributed by atoms with Gasteiger partial charge in [-0.1, -0.05) is 48.5 Å². The fourth-order valence-electron chi connectivity index (χ4n) is 2.29. The summed E-state index contributed by atoms with van der Waals surface area (Å²) >= 11 is 0. The van der Waals surface area contributed by atoms with E-state index in [0.29, 0.717) is 16.9 Å². The summed E-state index contributed by atoms with van der Waals surface area (Å²) in [6, 6.07) is 16.0. The maximum Gasteiger partial charge on any atom is 0.210 e. The molecule has 0 amide bonds. The molecular formula is C15H12O3. The fraction of sp³-hybridized carbons (Fsp3) is 0.133. The number of para-hydroxylation sites is 1. The number of aliphatic hydroxyl groups is 1. The number of fused-ring (bicyclic) bond motifs is 1. The second-order valence-electron chi connectivity index (χ2n) is 4.28. The summed E-state index contributed by atoms with van der Waals surface area (Å²) < 4.78 is 5.34. The molecule has 2 aromatic carbocycles. The standard InChI is InChI=1S/C15H12O3/c16-14-10-18-13-9-5-4-8-12(13)15(14,17)11-6-2-1-3-7-11/h1-9,17H,10H2. The van der Waals surface area contributed by atoms with Gasteiger partial charge < -0.3 is 9.84 Å². The van der Waals surface area contributed by atoms with E-state index in [1.807, 2.05) is 12.1 Å². The lowest BCUT2D eigenvalue weighted by Crippen LogP contribution is -2.43. The summed E-state index contributed by atoms with van der Waals surface area (Å²) in [4.78, 5) is 12.1. The van der Waals surface area contributed by atoms with Crippen LogP contribution in [0.15, 0.2) is 54.6 Å². The van der Waals surface area contributed by atoms with E-state index in [2.05, 4.69) is 0 Å². The molecule has 1 unspecified atom stereocenters. The number of hydrogen-bond donors (Lipinski definition) is 1. The van der Waals surface area contributed by atoms with Gasteiger partial charge in [-0.25, -0.2) is 0 Å². The normalized spacial score (nSPS) is 22.2. The minimum atomic E-state index is -1.60. The van der Waals surface area contributed by atoms with Crippen molar-refractivity contribution >= 4 is 5.78 Å². The molecule has 1 aliphatic heterocycles. The van der Waals surface area contributed by atoms with Crippen molar-refractivity contribution in [2.45, 2.75) is 5.60 Å². The van der Waals surface area contributed by atoms with Crippen LogP contribution in [0.5, 0.6) is 5.75 Å². The average molecular weight is 240 g/mol. The maximum atomic E-state index is 12.1. The Hall–Kier alpha value is -2.13. The second kappa shape index (κ2) is 3.96. The third-order valence-electron chi connectivity index (χ3n) is 3.23. The van der Waals surface area contributed by atoms with Gasteiger partial charge in [-0.3, -0.25) is 4.79 Å². The molecule has 3 nitrogen and oxygen atoms in total. The van der Waals surface area contributed by atoms with E-state index in [9.17, 15) is 9.90 Å². The number of Topliss-reactive ketones (excluding diaryl/α,β-unsaturated/α-hetero) is 1. The van der Waals surface area contributed by atoms with Crippen LogP contribution in [0, 0.1) is 0 Å². The van der Waals surface area contributed by atoms with E-state index in [1.165, 1.54) is 0 Å². The van der Waals surface area contributed by atoms with Crippen LogP contribution in [0.2, 0.25) is 0 Å². The molecule has 1 aliphatic rings. The van der Waals surface area contributed by atoms with Gasteiger partial charge in [0, 0.05) is 5.56 Å². The Morgan fingerprint density at radius 2 is 1.67 bits per heavy atom. The lowest BCUT2D eigenvalue weighted by molar-refractivity contribution is -0.138. The van der Waals surface area contributed by atoms with Crippen molar-refractivity contribution in [2.24, 2.45) is 0 Å². The summed E-state index contributed by atoms with van der Waals surface area (Å²) in [6.07, 6.45) is 0. The number of benzene rings is 2. The molecule has 0 spiro atoms. The Kier molecular flexibility index (Phi) is 2.42. The molecule has 1 atom stereocenters. The van der Waals surface area contributed by atoms with Gasteiger partial charge in [0.25, 0.3) is 0 Å². The summed E-state index contributed by atoms with van der Waals surface area (Å²) in [5, 5.41) is 10.8. The highest BCUT2D eigenvalue weighted by molar-refractivity contribution is 5.95. The van der Waals surface area contributed by atoms with Gasteiger partial charge in [0.2, 0.25) is 5.78 Å². The lowest BCUT2D eigenvalue weighted by atomic mass is 9.81. The number of ketones is 1. The summed E-state index contributed by atoms with van der Waals surface area (Å²) in [5.41, 5.74) is -0.519. The predicted molar refractivity (Wildman–Crippen MR) is 66.4 cm³/mol. The first kappa shape index (κ1) is 11.0. The van der Waals surface area contributed by atoms with E-state index in [4.69, 9.17) is 4.74 Å². The zero-order valence-electron chi connectivity index (χ0n) is 9.67. The summed E-state index contributed by atoms with van der Waals surface area (Å²) in [6.45, 7) is -0.109. The van der Waals surface area contributed by atoms with Crippen LogP contribution < -0.4 is 4.74 Å². The van der Waals surface area contributed by atoms with E-state index < -0.39 is 5.60 Å². The van der Waals surface area contributed by atoms with Gasteiger partial charge >= 0.3 is 0 Å². The minimum absolute atomic E-state index is 0.109. The number of ether oxygens (including phenoxy) is 1. The largest absolute Gasteiger partial charge is 0.485 e. The van der Waals surface area contributed by atoms with Crippen molar-refractivity contribution < 1.29 is 14.6 Å². The Labute approximate surface area is 105 Å². The van der Waals surface area contributed by atoms with Crippen LogP contribution in [0.3, 0.4) is 0 Å². The highest BCUT2D eigenvalue weighted by Gasteiger charge is 2.44. The fourth-order valence-corrected chi connectivity index (χ4v) is 2.29. The highest BCUT2D eigenvalue weighted by atomic mass is 16.5. The smallest absolute Gasteiger partial charge is 0.210 e. The van der Waals surface area contributed by atoms with Crippen LogP contribution in [0.25, 0.3) is 0 Å². The first-order valence-corrected chi connectivity index (χ1v) is 5.76. The van der Waals surface area contributed by atoms with Crippen molar-refractivity contribution in [1.29, 1.82) is 0 Å². The molecule has 0 bridgehead atoms. The van der Waals surface area contributed by atoms with Gasteiger partial charge in [-0.05, 0) is 11.6 Å². The van der Waals surface area contributed by atoms with Crippen molar-refractivity contribution in [2.75, 3.05) is 6.61 Å². The van der Waals surface area contributed by atoms with Crippen molar-refractivity contribution in [3.05, 3.63) is 65.7 Å². The zero-order chi connectivity index (χ0) is 12.6. The van der Waals surface area contributed by atoms with Gasteiger partial charge in [0.1, 0.15) is 5.75 Å². The molecule has 90 valence electrons. The number of carbonyl (C=O) groups excluding carboxylic acids is 1. The Morgan fingerprint density at radius 1 is 1.00 bits per heavy atom. The first-order chi connectivity index (χ1) is 8.73. The van der Waals surface area contributed by atoms with Crippen LogP contribution in [-0.4, -0.2) is 17.5 Å². The van der Waals surface area contributed by atoms with Crippen LogP contribution in [-0.2, 0) is 10.4 Å². The zero-order valence-corrected chi connectivity index (χ0v) is 9.67. The highest BCUT2D eigenvalue weighted by Crippen LogP contribution is 2.39. The molecule has 1 N–H and O–H groups in total. The van der Waals surface area contributed by atoms with Gasteiger partial charge in [0.05, 0.1) is 0 Å². The van der Waals surface area contributed by atoms with Crippen molar-refractivity contribution in [3.63, 3.8) is 0 Å². The molecule has 0 fully saturated rings. The molecule has 1 heterocycles. The van der Waals surface area contributed by atoms with Crippen molar-refractivity contribution in [1.82, 2.24) is 0 Å². The second-order valence-corrected chi connectivity index (χ2v) is 4.28. The molecule has 18 heavy (non-hydrogen) atoms. The molecule has 3 heteroatoms. The molecule has 3 rings (SSSR count). The molecule has 2 aromatic rings. The average Bonchev–Trinajstić information content (AvgIpc) is 2.44. The topological polar surface area (TPSA) is 46.5 Å². The molecule has 0 aromatic heterocycles. The van der Waals surface area contributed by atoms with Gasteiger partial charge in [-0.15, -0.1) is 0 Å². The molecule has 0 aliphatic carbocycles. The lowest BCUT2D eigenvalue weighted by Gasteiger charge is -2.33. The predicted octanol–water partition coefficient (Wildman–Crippen LogP) is 1.88. The molecule has 0 saturated heterocycles. The Bertz CT molecular complexity index is 592. The van der Waals surface area contributed by atoms with Gasteiger partial charge in [-0.2, -0.15) is 0 Å². The first-order valence-electron chi connectivity index (χ1n) is 5.76. The Morgan fingerprint density at radius 3 is 2.44 bits per heavy atom. The van der Waals surface area contributed by atoms with Gasteiger partial charge in [0.15, 0.2) is 12.2 Å². The molecule has 0 saturated carbocycles. The monoisotopic (exact) mass is 240 g/mol. The molecular weight excluding hydrogens is 228 g/mol. The SMILES string of the molecule is O=C1COc2ccccc2C1(O)c1ccccc1. The quantitative estimate of drug-likeness (QED) is 0.828. The van der Waals surface area contributed by atoms with Crippen molar-refractivity contribution in [3.8, 4) is 5.75 Å². The van der Waals surface area contributed by atoms with Crippen LogP contribution >= 0.6 is 0 Å². The van der Waals surface area contributed by atoms with E-state index >= 15 is 0 Å². The third-order valence-corrected chi connectivity index (χ3v) is 3.23. The van der Waals surface area contributed by atoms with Crippen LogP contribution in [0.4, 0.5) is 0 Å². The van der Waals surface area contributed by atoms with Crippen LogP contribution in [0.1, 0.15) is 11.1 Å². The number of rotatable bonds is 1. The summed E-state index contributed by atoms with van der Waals surface area (Å²) in [7, 11) is 0. The minimum Gasteiger partial charge on any atom is -0.485 e. The summed E-state index contributed by atoms with van der Waals surface area (Å²) in [5.74, 6) is 0.218. The Balaban J connectivity index is 2.24.